The Morgan fingerprint density at radius 2 is 1.88 bits per heavy atom. The van der Waals surface area contributed by atoms with Gasteiger partial charge in [0, 0.05) is 16.8 Å². The Kier molecular flexibility index (Phi) is 5.71. The second-order valence-electron chi connectivity index (χ2n) is 5.45. The molecule has 132 valence electrons. The molecule has 1 heterocycles. The first-order valence-electron chi connectivity index (χ1n) is 7.93. The maximum Gasteiger partial charge on any atom is 0.256 e. The highest BCUT2D eigenvalue weighted by Gasteiger charge is 2.12. The summed E-state index contributed by atoms with van der Waals surface area (Å²) in [6, 6.07) is 18.0. The highest BCUT2D eigenvalue weighted by Crippen LogP contribution is 2.29. The summed E-state index contributed by atoms with van der Waals surface area (Å²) in [5.74, 6) is 1.11. The van der Waals surface area contributed by atoms with E-state index in [-0.39, 0.29) is 5.91 Å². The molecule has 0 aliphatic rings. The van der Waals surface area contributed by atoms with E-state index in [1.807, 2.05) is 30.3 Å². The summed E-state index contributed by atoms with van der Waals surface area (Å²) in [5.41, 5.74) is 1.47. The maximum absolute atomic E-state index is 12.4. The average Bonchev–Trinajstić information content (AvgIpc) is 2.67. The second-order valence-corrected chi connectivity index (χ2v) is 5.89. The van der Waals surface area contributed by atoms with Crippen LogP contribution in [-0.2, 0) is 6.61 Å². The molecule has 0 spiro atoms. The summed E-state index contributed by atoms with van der Waals surface area (Å²) < 4.78 is 11.1. The number of benzene rings is 2. The zero-order chi connectivity index (χ0) is 18.4. The first-order valence-corrected chi connectivity index (χ1v) is 8.31. The van der Waals surface area contributed by atoms with Gasteiger partial charge in [-0.05, 0) is 35.9 Å². The Bertz CT molecular complexity index is 901. The van der Waals surface area contributed by atoms with E-state index in [1.165, 1.54) is 13.3 Å². The van der Waals surface area contributed by atoms with Crippen LogP contribution in [0.5, 0.6) is 11.5 Å². The molecule has 0 saturated heterocycles. The van der Waals surface area contributed by atoms with E-state index in [0.717, 1.165) is 5.56 Å². The molecule has 26 heavy (non-hydrogen) atoms. The number of pyridine rings is 1. The number of hydrogen-bond acceptors (Lipinski definition) is 4. The summed E-state index contributed by atoms with van der Waals surface area (Å²) in [6.07, 6.45) is 1.53. The van der Waals surface area contributed by atoms with Crippen LogP contribution in [-0.4, -0.2) is 18.0 Å². The Morgan fingerprint density at radius 3 is 2.62 bits per heavy atom. The van der Waals surface area contributed by atoms with Crippen LogP contribution in [0.4, 0.5) is 5.82 Å². The quantitative estimate of drug-likeness (QED) is 0.692. The van der Waals surface area contributed by atoms with E-state index in [9.17, 15) is 4.79 Å². The number of nitrogens with one attached hydrogen (secondary N) is 1. The lowest BCUT2D eigenvalue weighted by Gasteiger charge is -2.12. The number of anilines is 1. The Morgan fingerprint density at radius 1 is 1.08 bits per heavy atom. The van der Waals surface area contributed by atoms with Crippen molar-refractivity contribution in [1.82, 2.24) is 4.98 Å². The minimum absolute atomic E-state index is 0.312. The third kappa shape index (κ3) is 4.52. The van der Waals surface area contributed by atoms with Crippen LogP contribution in [0.1, 0.15) is 15.9 Å². The fourth-order valence-electron chi connectivity index (χ4n) is 2.33. The molecule has 0 aliphatic heterocycles. The van der Waals surface area contributed by atoms with Crippen LogP contribution < -0.4 is 14.8 Å². The molecule has 0 atom stereocenters. The SMILES string of the molecule is COc1cc(C(=O)Nc2cc(Cl)ccn2)ccc1OCc1ccccc1. The van der Waals surface area contributed by atoms with Gasteiger partial charge in [0.25, 0.3) is 5.91 Å². The van der Waals surface area contributed by atoms with Crippen molar-refractivity contribution in [2.45, 2.75) is 6.61 Å². The molecule has 0 aliphatic carbocycles. The van der Waals surface area contributed by atoms with E-state index in [4.69, 9.17) is 21.1 Å². The molecule has 1 N–H and O–H groups in total. The standard InChI is InChI=1S/C20H17ClN2O3/c1-25-18-11-15(20(24)23-19-12-16(21)9-10-22-19)7-8-17(18)26-13-14-5-3-2-4-6-14/h2-12H,13H2,1H3,(H,22,23,24). The number of rotatable bonds is 6. The van der Waals surface area contributed by atoms with Crippen molar-refractivity contribution in [1.29, 1.82) is 0 Å². The molecule has 6 heteroatoms. The molecule has 3 rings (SSSR count). The average molecular weight is 369 g/mol. The number of hydrogen-bond donors (Lipinski definition) is 1. The molecule has 0 saturated carbocycles. The second kappa shape index (κ2) is 8.36. The number of carbonyl (C=O) groups is 1. The maximum atomic E-state index is 12.4. The number of aromatic nitrogens is 1. The molecule has 0 bridgehead atoms. The van der Waals surface area contributed by atoms with Crippen LogP contribution >= 0.6 is 11.6 Å². The predicted molar refractivity (Wildman–Crippen MR) is 101 cm³/mol. The van der Waals surface area contributed by atoms with Gasteiger partial charge in [0.15, 0.2) is 11.5 Å². The third-order valence-electron chi connectivity index (χ3n) is 3.63. The number of methoxy groups -OCH3 is 1. The first kappa shape index (κ1) is 17.8. The number of nitrogens with zero attached hydrogens (tertiary/aromatic N) is 1. The summed E-state index contributed by atoms with van der Waals surface area (Å²) in [6.45, 7) is 0.412. The smallest absolute Gasteiger partial charge is 0.256 e. The fraction of sp³-hybridized carbons (Fsp3) is 0.100. The molecular formula is C20H17ClN2O3. The molecule has 1 aromatic heterocycles. The number of amides is 1. The van der Waals surface area contributed by atoms with Crippen LogP contribution in [0.3, 0.4) is 0 Å². The molecular weight excluding hydrogens is 352 g/mol. The van der Waals surface area contributed by atoms with Gasteiger partial charge >= 0.3 is 0 Å². The Balaban J connectivity index is 1.72. The zero-order valence-corrected chi connectivity index (χ0v) is 14.9. The van der Waals surface area contributed by atoms with Gasteiger partial charge in [0.05, 0.1) is 7.11 Å². The normalized spacial score (nSPS) is 10.2. The van der Waals surface area contributed by atoms with Gasteiger partial charge in [-0.15, -0.1) is 0 Å². The van der Waals surface area contributed by atoms with E-state index in [0.29, 0.717) is 34.5 Å². The molecule has 0 fully saturated rings. The summed E-state index contributed by atoms with van der Waals surface area (Å²) in [7, 11) is 1.53. The van der Waals surface area contributed by atoms with E-state index in [1.54, 1.807) is 30.3 Å². The van der Waals surface area contributed by atoms with Crippen molar-refractivity contribution in [3.8, 4) is 11.5 Å². The monoisotopic (exact) mass is 368 g/mol. The molecule has 2 aromatic carbocycles. The topological polar surface area (TPSA) is 60.5 Å². The number of carbonyl (C=O) groups excluding carboxylic acids is 1. The molecule has 3 aromatic rings. The highest BCUT2D eigenvalue weighted by atomic mass is 35.5. The van der Waals surface area contributed by atoms with Crippen molar-refractivity contribution in [3.05, 3.63) is 83.0 Å². The first-order chi connectivity index (χ1) is 12.7. The minimum Gasteiger partial charge on any atom is -0.493 e. The number of halogens is 1. The van der Waals surface area contributed by atoms with Crippen molar-refractivity contribution in [3.63, 3.8) is 0 Å². The Hall–Kier alpha value is -3.05. The zero-order valence-electron chi connectivity index (χ0n) is 14.1. The van der Waals surface area contributed by atoms with Crippen LogP contribution in [0, 0.1) is 0 Å². The third-order valence-corrected chi connectivity index (χ3v) is 3.86. The van der Waals surface area contributed by atoms with Crippen molar-refractivity contribution in [2.75, 3.05) is 12.4 Å². The van der Waals surface area contributed by atoms with Crippen LogP contribution in [0.25, 0.3) is 0 Å². The summed E-state index contributed by atoms with van der Waals surface area (Å²) in [4.78, 5) is 16.4. The van der Waals surface area contributed by atoms with Crippen molar-refractivity contribution >= 4 is 23.3 Å². The Labute approximate surface area is 156 Å². The van der Waals surface area contributed by atoms with Crippen molar-refractivity contribution < 1.29 is 14.3 Å². The highest BCUT2D eigenvalue weighted by molar-refractivity contribution is 6.30. The van der Waals surface area contributed by atoms with Gasteiger partial charge in [-0.2, -0.15) is 0 Å². The lowest BCUT2D eigenvalue weighted by molar-refractivity contribution is 0.102. The van der Waals surface area contributed by atoms with Crippen molar-refractivity contribution in [2.24, 2.45) is 0 Å². The molecule has 0 radical (unpaired) electrons. The minimum atomic E-state index is -0.312. The molecule has 5 nitrogen and oxygen atoms in total. The van der Waals surface area contributed by atoms with Gasteiger partial charge in [-0.3, -0.25) is 4.79 Å². The lowest BCUT2D eigenvalue weighted by atomic mass is 10.2. The predicted octanol–water partition coefficient (Wildman–Crippen LogP) is 4.57. The van der Waals surface area contributed by atoms with Gasteiger partial charge in [-0.25, -0.2) is 4.98 Å². The summed E-state index contributed by atoms with van der Waals surface area (Å²) >= 11 is 5.90. The van der Waals surface area contributed by atoms with Gasteiger partial charge in [-0.1, -0.05) is 41.9 Å². The van der Waals surface area contributed by atoms with Gasteiger partial charge in [0.1, 0.15) is 12.4 Å². The van der Waals surface area contributed by atoms with E-state index < -0.39 is 0 Å². The fourth-order valence-corrected chi connectivity index (χ4v) is 2.48. The van der Waals surface area contributed by atoms with Gasteiger partial charge in [0.2, 0.25) is 0 Å². The van der Waals surface area contributed by atoms with E-state index >= 15 is 0 Å². The van der Waals surface area contributed by atoms with Crippen LogP contribution in [0.15, 0.2) is 66.9 Å². The number of ether oxygens (including phenoxy) is 2. The molecule has 1 amide bonds. The lowest BCUT2D eigenvalue weighted by Crippen LogP contribution is -2.13. The molecule has 0 unspecified atom stereocenters. The van der Waals surface area contributed by atoms with E-state index in [2.05, 4.69) is 10.3 Å². The largest absolute Gasteiger partial charge is 0.493 e. The van der Waals surface area contributed by atoms with Gasteiger partial charge < -0.3 is 14.8 Å². The summed E-state index contributed by atoms with van der Waals surface area (Å²) in [5, 5.41) is 3.19. The van der Waals surface area contributed by atoms with Crippen LogP contribution in [0.2, 0.25) is 5.02 Å².